The Morgan fingerprint density at radius 1 is 1.45 bits per heavy atom. The number of benzene rings is 1. The molecule has 0 radical (unpaired) electrons. The van der Waals surface area contributed by atoms with Crippen LogP contribution in [0.25, 0.3) is 0 Å². The van der Waals surface area contributed by atoms with Crippen molar-refractivity contribution in [3.8, 4) is 0 Å². The van der Waals surface area contributed by atoms with E-state index in [-0.39, 0.29) is 17.1 Å². The molecule has 108 valence electrons. The number of nitrogens with zero attached hydrogens (tertiary/aromatic N) is 2. The molecule has 0 amide bonds. The summed E-state index contributed by atoms with van der Waals surface area (Å²) in [6.45, 7) is 1.80. The molecule has 0 bridgehead atoms. The van der Waals surface area contributed by atoms with Gasteiger partial charge >= 0.3 is 0 Å². The lowest BCUT2D eigenvalue weighted by Gasteiger charge is -2.10. The van der Waals surface area contributed by atoms with Crippen molar-refractivity contribution in [3.05, 3.63) is 34.9 Å². The fourth-order valence-electron chi connectivity index (χ4n) is 1.63. The highest BCUT2D eigenvalue weighted by atomic mass is 35.5. The minimum absolute atomic E-state index is 0.102. The zero-order valence-corrected chi connectivity index (χ0v) is 12.2. The Balaban J connectivity index is 2.12. The molecule has 0 aliphatic carbocycles. The summed E-state index contributed by atoms with van der Waals surface area (Å²) >= 11 is 5.84. The summed E-state index contributed by atoms with van der Waals surface area (Å²) in [4.78, 5) is 3.90. The normalized spacial score (nSPS) is 11.7. The average Bonchev–Trinajstić information content (AvgIpc) is 2.86. The van der Waals surface area contributed by atoms with E-state index in [4.69, 9.17) is 21.9 Å². The maximum absolute atomic E-state index is 12.2. The van der Waals surface area contributed by atoms with Crippen LogP contribution < -0.4 is 10.5 Å². The van der Waals surface area contributed by atoms with E-state index in [1.54, 1.807) is 6.92 Å². The predicted octanol–water partition coefficient (Wildman–Crippen LogP) is 1.13. The first-order valence-electron chi connectivity index (χ1n) is 5.71. The van der Waals surface area contributed by atoms with Crippen molar-refractivity contribution >= 4 is 27.3 Å². The SMILES string of the molecule is Cc1cc(Cl)c(N)cc1S(=O)(=O)NCCc1ncno1. The van der Waals surface area contributed by atoms with E-state index in [9.17, 15) is 8.42 Å². The van der Waals surface area contributed by atoms with Gasteiger partial charge in [-0.1, -0.05) is 16.8 Å². The van der Waals surface area contributed by atoms with Crippen LogP contribution in [0, 0.1) is 6.92 Å². The standard InChI is InChI=1S/C11H13ClN4O3S/c1-7-4-8(12)9(13)5-10(7)20(17,18)16-3-2-11-14-6-15-19-11/h4-6,16H,2-3,13H2,1H3. The van der Waals surface area contributed by atoms with Crippen molar-refractivity contribution < 1.29 is 12.9 Å². The molecular formula is C11H13ClN4O3S. The first-order chi connectivity index (χ1) is 9.40. The quantitative estimate of drug-likeness (QED) is 0.800. The molecule has 0 unspecified atom stereocenters. The highest BCUT2D eigenvalue weighted by molar-refractivity contribution is 7.89. The second kappa shape index (κ2) is 5.78. The van der Waals surface area contributed by atoms with Crippen LogP contribution in [-0.2, 0) is 16.4 Å². The van der Waals surface area contributed by atoms with Crippen LogP contribution in [0.15, 0.2) is 27.9 Å². The van der Waals surface area contributed by atoms with Crippen LogP contribution in [0.5, 0.6) is 0 Å². The van der Waals surface area contributed by atoms with Crippen LogP contribution in [-0.4, -0.2) is 25.1 Å². The van der Waals surface area contributed by atoms with Gasteiger partial charge in [-0.3, -0.25) is 0 Å². The van der Waals surface area contributed by atoms with Gasteiger partial charge in [0.25, 0.3) is 0 Å². The Bertz CT molecular complexity index is 701. The van der Waals surface area contributed by atoms with Crippen molar-refractivity contribution in [2.45, 2.75) is 18.2 Å². The van der Waals surface area contributed by atoms with E-state index < -0.39 is 10.0 Å². The lowest BCUT2D eigenvalue weighted by atomic mass is 10.2. The minimum atomic E-state index is -3.66. The molecule has 0 fully saturated rings. The Morgan fingerprint density at radius 3 is 2.85 bits per heavy atom. The lowest BCUT2D eigenvalue weighted by Crippen LogP contribution is -2.26. The maximum Gasteiger partial charge on any atom is 0.240 e. The topological polar surface area (TPSA) is 111 Å². The summed E-state index contributed by atoms with van der Waals surface area (Å²) in [5.74, 6) is 0.361. The first-order valence-corrected chi connectivity index (χ1v) is 7.57. The molecule has 1 aromatic heterocycles. The fourth-order valence-corrected chi connectivity index (χ4v) is 3.14. The molecule has 9 heteroatoms. The molecule has 2 aromatic rings. The second-order valence-corrected chi connectivity index (χ2v) is 6.26. The van der Waals surface area contributed by atoms with Crippen LogP contribution in [0.4, 0.5) is 5.69 Å². The zero-order valence-electron chi connectivity index (χ0n) is 10.6. The van der Waals surface area contributed by atoms with Crippen LogP contribution in [0.2, 0.25) is 5.02 Å². The highest BCUT2D eigenvalue weighted by Gasteiger charge is 2.18. The van der Waals surface area contributed by atoms with Crippen molar-refractivity contribution in [2.24, 2.45) is 0 Å². The van der Waals surface area contributed by atoms with Gasteiger partial charge in [-0.05, 0) is 24.6 Å². The molecule has 1 heterocycles. The minimum Gasteiger partial charge on any atom is -0.397 e. The first kappa shape index (κ1) is 14.8. The summed E-state index contributed by atoms with van der Waals surface area (Å²) < 4.78 is 31.6. The molecule has 1 aromatic carbocycles. The molecule has 0 saturated heterocycles. The second-order valence-electron chi connectivity index (χ2n) is 4.12. The van der Waals surface area contributed by atoms with E-state index in [1.165, 1.54) is 18.5 Å². The van der Waals surface area contributed by atoms with Gasteiger partial charge in [0.05, 0.1) is 15.6 Å². The summed E-state index contributed by atoms with van der Waals surface area (Å²) in [6.07, 6.45) is 1.56. The summed E-state index contributed by atoms with van der Waals surface area (Å²) in [5.41, 5.74) is 6.37. The van der Waals surface area contributed by atoms with Gasteiger partial charge in [-0.2, -0.15) is 4.98 Å². The fraction of sp³-hybridized carbons (Fsp3) is 0.273. The van der Waals surface area contributed by atoms with Gasteiger partial charge in [-0.15, -0.1) is 0 Å². The molecule has 20 heavy (non-hydrogen) atoms. The van der Waals surface area contributed by atoms with Gasteiger partial charge < -0.3 is 10.3 Å². The molecule has 0 saturated carbocycles. The van der Waals surface area contributed by atoms with E-state index >= 15 is 0 Å². The zero-order chi connectivity index (χ0) is 14.8. The Kier molecular flexibility index (Phi) is 4.26. The molecule has 0 aliphatic rings. The third kappa shape index (κ3) is 3.27. The molecule has 7 nitrogen and oxygen atoms in total. The average molecular weight is 317 g/mol. The third-order valence-electron chi connectivity index (χ3n) is 2.62. The number of anilines is 1. The molecule has 0 atom stereocenters. The van der Waals surface area contributed by atoms with Gasteiger partial charge in [0.15, 0.2) is 6.33 Å². The Hall–Kier alpha value is -1.64. The number of halogens is 1. The number of aromatic nitrogens is 2. The molecule has 0 aliphatic heterocycles. The van der Waals surface area contributed by atoms with E-state index in [0.29, 0.717) is 22.9 Å². The van der Waals surface area contributed by atoms with Crippen molar-refractivity contribution in [1.29, 1.82) is 0 Å². The largest absolute Gasteiger partial charge is 0.397 e. The highest BCUT2D eigenvalue weighted by Crippen LogP contribution is 2.25. The number of sulfonamides is 1. The van der Waals surface area contributed by atoms with Gasteiger partial charge in [0.1, 0.15) is 0 Å². The molecule has 3 N–H and O–H groups in total. The maximum atomic E-state index is 12.2. The van der Waals surface area contributed by atoms with Crippen LogP contribution >= 0.6 is 11.6 Å². The number of nitrogens with one attached hydrogen (secondary N) is 1. The number of hydrogen-bond acceptors (Lipinski definition) is 6. The van der Waals surface area contributed by atoms with Crippen LogP contribution in [0.1, 0.15) is 11.5 Å². The van der Waals surface area contributed by atoms with E-state index in [2.05, 4.69) is 14.9 Å². The predicted molar refractivity (Wildman–Crippen MR) is 73.8 cm³/mol. The number of nitrogen functional groups attached to an aromatic ring is 1. The number of nitrogens with two attached hydrogens (primary N) is 1. The smallest absolute Gasteiger partial charge is 0.240 e. The van der Waals surface area contributed by atoms with Crippen molar-refractivity contribution in [1.82, 2.24) is 14.9 Å². The number of aryl methyl sites for hydroxylation is 1. The van der Waals surface area contributed by atoms with Gasteiger partial charge in [0, 0.05) is 13.0 Å². The van der Waals surface area contributed by atoms with E-state index in [1.807, 2.05) is 0 Å². The Labute approximate surface area is 121 Å². The van der Waals surface area contributed by atoms with Gasteiger partial charge in [-0.25, -0.2) is 13.1 Å². The summed E-state index contributed by atoms with van der Waals surface area (Å²) in [7, 11) is -3.66. The van der Waals surface area contributed by atoms with Crippen molar-refractivity contribution in [3.63, 3.8) is 0 Å². The molecule has 2 rings (SSSR count). The summed E-state index contributed by atoms with van der Waals surface area (Å²) in [6, 6.07) is 2.86. The van der Waals surface area contributed by atoms with Crippen molar-refractivity contribution in [2.75, 3.05) is 12.3 Å². The summed E-state index contributed by atoms with van der Waals surface area (Å²) in [5, 5.41) is 3.76. The van der Waals surface area contributed by atoms with Gasteiger partial charge in [0.2, 0.25) is 15.9 Å². The Morgan fingerprint density at radius 2 is 2.20 bits per heavy atom. The lowest BCUT2D eigenvalue weighted by molar-refractivity contribution is 0.377. The molecular weight excluding hydrogens is 304 g/mol. The molecule has 0 spiro atoms. The third-order valence-corrected chi connectivity index (χ3v) is 4.55. The monoisotopic (exact) mass is 316 g/mol. The number of hydrogen-bond donors (Lipinski definition) is 2. The van der Waals surface area contributed by atoms with Crippen LogP contribution in [0.3, 0.4) is 0 Å². The van der Waals surface area contributed by atoms with E-state index in [0.717, 1.165) is 0 Å². The number of rotatable bonds is 5.